The number of rotatable bonds is 7. The Labute approximate surface area is 138 Å². The molecule has 2 rings (SSSR count). The minimum atomic E-state index is -0.485. The maximum absolute atomic E-state index is 10.8. The lowest BCUT2D eigenvalue weighted by Gasteiger charge is -2.12. The van der Waals surface area contributed by atoms with Crippen LogP contribution in [0, 0.1) is 6.92 Å². The molecule has 2 aromatic carbocycles. The van der Waals surface area contributed by atoms with Crippen molar-refractivity contribution in [2.45, 2.75) is 20.0 Å². The van der Waals surface area contributed by atoms with Gasteiger partial charge in [-0.3, -0.25) is 4.79 Å². The average molecular weight is 363 g/mol. The predicted molar refractivity (Wildman–Crippen MR) is 90.6 cm³/mol. The number of amides is 1. The van der Waals surface area contributed by atoms with Gasteiger partial charge in [0, 0.05) is 23.1 Å². The van der Waals surface area contributed by atoms with Gasteiger partial charge in [-0.15, -0.1) is 0 Å². The number of nitrogens with one attached hydrogen (secondary N) is 1. The fourth-order valence-corrected chi connectivity index (χ4v) is 2.43. The lowest BCUT2D eigenvalue weighted by Crippen LogP contribution is -2.21. The molecule has 0 fully saturated rings. The molecule has 0 aliphatic heterocycles. The van der Waals surface area contributed by atoms with Crippen LogP contribution in [0.15, 0.2) is 46.9 Å². The fraction of sp³-hybridized carbons (Fsp3) is 0.235. The number of halogens is 1. The molecule has 0 aliphatic carbocycles. The van der Waals surface area contributed by atoms with E-state index in [2.05, 4.69) is 52.4 Å². The van der Waals surface area contributed by atoms with Crippen molar-refractivity contribution in [1.29, 1.82) is 0 Å². The van der Waals surface area contributed by atoms with Gasteiger partial charge in [0.2, 0.25) is 0 Å². The summed E-state index contributed by atoms with van der Waals surface area (Å²) >= 11 is 3.45. The molecule has 0 saturated heterocycles. The zero-order valence-electron chi connectivity index (χ0n) is 12.4. The third-order valence-electron chi connectivity index (χ3n) is 3.16. The largest absolute Gasteiger partial charge is 0.483 e. The van der Waals surface area contributed by atoms with Crippen molar-refractivity contribution in [1.82, 2.24) is 5.32 Å². The molecule has 0 aromatic heterocycles. The Balaban J connectivity index is 1.97. The number of hydrogen-bond donors (Lipinski definition) is 2. The van der Waals surface area contributed by atoms with E-state index in [0.29, 0.717) is 12.3 Å². The first-order chi connectivity index (χ1) is 10.5. The topological polar surface area (TPSA) is 64.3 Å². The summed E-state index contributed by atoms with van der Waals surface area (Å²) in [5, 5.41) is 3.38. The number of aryl methyl sites for hydroxylation is 1. The van der Waals surface area contributed by atoms with Gasteiger partial charge >= 0.3 is 0 Å². The van der Waals surface area contributed by atoms with Crippen molar-refractivity contribution in [2.24, 2.45) is 5.73 Å². The van der Waals surface area contributed by atoms with Gasteiger partial charge in [0.1, 0.15) is 5.75 Å². The Bertz CT molecular complexity index is 642. The van der Waals surface area contributed by atoms with Crippen LogP contribution in [0.2, 0.25) is 0 Å². The molecular weight excluding hydrogens is 344 g/mol. The van der Waals surface area contributed by atoms with Crippen LogP contribution in [-0.4, -0.2) is 12.5 Å². The SMILES string of the molecule is Cc1ccc(CNCc2cc(Br)ccc2OCC(N)=O)cc1. The molecule has 3 N–H and O–H groups in total. The molecule has 0 unspecified atom stereocenters. The van der Waals surface area contributed by atoms with Crippen molar-refractivity contribution < 1.29 is 9.53 Å². The highest BCUT2D eigenvalue weighted by Gasteiger charge is 2.06. The van der Waals surface area contributed by atoms with Gasteiger partial charge in [-0.1, -0.05) is 45.8 Å². The van der Waals surface area contributed by atoms with Crippen LogP contribution in [0.3, 0.4) is 0 Å². The Kier molecular flexibility index (Phi) is 5.98. The van der Waals surface area contributed by atoms with Crippen molar-refractivity contribution >= 4 is 21.8 Å². The summed E-state index contributed by atoms with van der Waals surface area (Å²) < 4.78 is 6.40. The number of hydrogen-bond acceptors (Lipinski definition) is 3. The van der Waals surface area contributed by atoms with Gasteiger partial charge in [-0.05, 0) is 30.7 Å². The molecule has 0 atom stereocenters. The molecule has 0 radical (unpaired) electrons. The van der Waals surface area contributed by atoms with E-state index in [1.807, 2.05) is 18.2 Å². The summed E-state index contributed by atoms with van der Waals surface area (Å²) in [6, 6.07) is 14.1. The zero-order valence-corrected chi connectivity index (χ0v) is 14.0. The van der Waals surface area contributed by atoms with Gasteiger partial charge in [0.15, 0.2) is 6.61 Å². The third kappa shape index (κ3) is 5.16. The molecule has 4 nitrogen and oxygen atoms in total. The molecule has 1 amide bonds. The summed E-state index contributed by atoms with van der Waals surface area (Å²) in [6.45, 7) is 3.36. The third-order valence-corrected chi connectivity index (χ3v) is 3.65. The number of benzene rings is 2. The molecule has 5 heteroatoms. The standard InChI is InChI=1S/C17H19BrN2O2/c1-12-2-4-13(5-3-12)9-20-10-14-8-15(18)6-7-16(14)22-11-17(19)21/h2-8,20H,9-11H2,1H3,(H2,19,21). The highest BCUT2D eigenvalue weighted by atomic mass is 79.9. The molecular formula is C17H19BrN2O2. The predicted octanol–water partition coefficient (Wildman–Crippen LogP) is 2.91. The second-order valence-corrected chi connectivity index (χ2v) is 6.01. The first kappa shape index (κ1) is 16.5. The highest BCUT2D eigenvalue weighted by Crippen LogP contribution is 2.23. The Morgan fingerprint density at radius 2 is 1.91 bits per heavy atom. The van der Waals surface area contributed by atoms with E-state index in [1.165, 1.54) is 11.1 Å². The van der Waals surface area contributed by atoms with Crippen LogP contribution in [0.4, 0.5) is 0 Å². The number of carbonyl (C=O) groups excluding carboxylic acids is 1. The van der Waals surface area contributed by atoms with Crippen LogP contribution >= 0.6 is 15.9 Å². The minimum Gasteiger partial charge on any atom is -0.483 e. The molecule has 22 heavy (non-hydrogen) atoms. The quantitative estimate of drug-likeness (QED) is 0.795. The van der Waals surface area contributed by atoms with E-state index in [1.54, 1.807) is 0 Å². The molecule has 2 aromatic rings. The van der Waals surface area contributed by atoms with Gasteiger partial charge in [-0.2, -0.15) is 0 Å². The number of nitrogens with two attached hydrogens (primary N) is 1. The van der Waals surface area contributed by atoms with Gasteiger partial charge in [0.25, 0.3) is 5.91 Å². The first-order valence-electron chi connectivity index (χ1n) is 7.00. The van der Waals surface area contributed by atoms with Crippen LogP contribution in [0.5, 0.6) is 5.75 Å². The van der Waals surface area contributed by atoms with Gasteiger partial charge < -0.3 is 15.8 Å². The minimum absolute atomic E-state index is 0.118. The van der Waals surface area contributed by atoms with E-state index >= 15 is 0 Å². The van der Waals surface area contributed by atoms with Crippen molar-refractivity contribution in [3.8, 4) is 5.75 Å². The average Bonchev–Trinajstić information content (AvgIpc) is 2.48. The van der Waals surface area contributed by atoms with E-state index in [9.17, 15) is 4.79 Å². The number of primary amides is 1. The molecule has 0 spiro atoms. The molecule has 0 saturated carbocycles. The van der Waals surface area contributed by atoms with Gasteiger partial charge in [0.05, 0.1) is 0 Å². The molecule has 0 aliphatic rings. The number of carbonyl (C=O) groups is 1. The highest BCUT2D eigenvalue weighted by molar-refractivity contribution is 9.10. The molecule has 0 bridgehead atoms. The van der Waals surface area contributed by atoms with E-state index in [0.717, 1.165) is 16.6 Å². The monoisotopic (exact) mass is 362 g/mol. The maximum Gasteiger partial charge on any atom is 0.255 e. The summed E-state index contributed by atoms with van der Waals surface area (Å²) in [6.07, 6.45) is 0. The summed E-state index contributed by atoms with van der Waals surface area (Å²) in [5.74, 6) is 0.180. The number of ether oxygens (including phenoxy) is 1. The Morgan fingerprint density at radius 1 is 1.18 bits per heavy atom. The lowest BCUT2D eigenvalue weighted by atomic mass is 10.1. The van der Waals surface area contributed by atoms with Crippen LogP contribution in [-0.2, 0) is 17.9 Å². The normalized spacial score (nSPS) is 10.5. The maximum atomic E-state index is 10.8. The summed E-state index contributed by atoms with van der Waals surface area (Å²) in [4.78, 5) is 10.8. The van der Waals surface area contributed by atoms with E-state index in [4.69, 9.17) is 10.5 Å². The molecule has 116 valence electrons. The zero-order chi connectivity index (χ0) is 15.9. The Hall–Kier alpha value is -1.85. The fourth-order valence-electron chi connectivity index (χ4n) is 2.02. The van der Waals surface area contributed by atoms with Crippen molar-refractivity contribution in [3.63, 3.8) is 0 Å². The van der Waals surface area contributed by atoms with Crippen LogP contribution in [0.25, 0.3) is 0 Å². The summed E-state index contributed by atoms with van der Waals surface area (Å²) in [5.41, 5.74) is 8.56. The lowest BCUT2D eigenvalue weighted by molar-refractivity contribution is -0.119. The van der Waals surface area contributed by atoms with Crippen molar-refractivity contribution in [3.05, 3.63) is 63.6 Å². The first-order valence-corrected chi connectivity index (χ1v) is 7.79. The second kappa shape index (κ2) is 7.96. The Morgan fingerprint density at radius 3 is 2.59 bits per heavy atom. The van der Waals surface area contributed by atoms with Crippen LogP contribution in [0.1, 0.15) is 16.7 Å². The van der Waals surface area contributed by atoms with E-state index < -0.39 is 5.91 Å². The van der Waals surface area contributed by atoms with Crippen LogP contribution < -0.4 is 15.8 Å². The smallest absolute Gasteiger partial charge is 0.255 e. The molecule has 0 heterocycles. The second-order valence-electron chi connectivity index (χ2n) is 5.10. The van der Waals surface area contributed by atoms with Gasteiger partial charge in [-0.25, -0.2) is 0 Å². The van der Waals surface area contributed by atoms with Crippen molar-refractivity contribution in [2.75, 3.05) is 6.61 Å². The summed E-state index contributed by atoms with van der Waals surface area (Å²) in [7, 11) is 0. The van der Waals surface area contributed by atoms with E-state index in [-0.39, 0.29) is 6.61 Å².